The summed E-state index contributed by atoms with van der Waals surface area (Å²) in [4.78, 5) is 2.77. The third-order valence-electron chi connectivity index (χ3n) is 5.63. The Labute approximate surface area is 120 Å². The van der Waals surface area contributed by atoms with E-state index in [-0.39, 0.29) is 0 Å². The molecule has 2 rings (SSSR count). The smallest absolute Gasteiger partial charge is 0.0253 e. The maximum absolute atomic E-state index is 6.49. The van der Waals surface area contributed by atoms with Crippen molar-refractivity contribution in [3.63, 3.8) is 0 Å². The Morgan fingerprint density at radius 2 is 1.79 bits per heavy atom. The molecule has 19 heavy (non-hydrogen) atoms. The van der Waals surface area contributed by atoms with Crippen LogP contribution in [0.3, 0.4) is 0 Å². The lowest BCUT2D eigenvalue weighted by molar-refractivity contribution is 0.0503. The Balaban J connectivity index is 2.08. The summed E-state index contributed by atoms with van der Waals surface area (Å²) in [7, 11) is 0. The molecule has 0 amide bonds. The van der Waals surface area contributed by atoms with Crippen LogP contribution in [0.2, 0.25) is 0 Å². The Kier molecular flexibility index (Phi) is 4.62. The highest BCUT2D eigenvalue weighted by atomic mass is 15.2. The van der Waals surface area contributed by atoms with Gasteiger partial charge in [0.25, 0.3) is 0 Å². The third kappa shape index (κ3) is 3.33. The van der Waals surface area contributed by atoms with Crippen molar-refractivity contribution in [2.45, 2.75) is 84.8 Å². The van der Waals surface area contributed by atoms with Crippen LogP contribution in [0.25, 0.3) is 0 Å². The van der Waals surface area contributed by atoms with Gasteiger partial charge in [-0.2, -0.15) is 0 Å². The van der Waals surface area contributed by atoms with Gasteiger partial charge in [-0.25, -0.2) is 0 Å². The van der Waals surface area contributed by atoms with Gasteiger partial charge in [-0.3, -0.25) is 4.90 Å². The first-order valence-corrected chi connectivity index (χ1v) is 8.32. The molecule has 1 saturated carbocycles. The molecule has 0 spiro atoms. The molecule has 4 unspecified atom stereocenters. The summed E-state index contributed by atoms with van der Waals surface area (Å²) in [6, 6.07) is 1.81. The summed E-state index contributed by atoms with van der Waals surface area (Å²) in [5.41, 5.74) is 6.92. The summed E-state index contributed by atoms with van der Waals surface area (Å²) >= 11 is 0. The molecule has 4 atom stereocenters. The first kappa shape index (κ1) is 15.3. The summed E-state index contributed by atoms with van der Waals surface area (Å²) in [5, 5.41) is 0. The highest BCUT2D eigenvalue weighted by molar-refractivity contribution is 4.97. The van der Waals surface area contributed by atoms with Crippen LogP contribution in [-0.4, -0.2) is 29.6 Å². The highest BCUT2D eigenvalue weighted by Gasteiger charge is 2.41. The number of nitrogens with zero attached hydrogens (tertiary/aromatic N) is 1. The largest absolute Gasteiger partial charge is 0.326 e. The fraction of sp³-hybridized carbons (Fsp3) is 1.00. The summed E-state index contributed by atoms with van der Waals surface area (Å²) in [6.07, 6.45) is 6.59. The Morgan fingerprint density at radius 3 is 2.37 bits per heavy atom. The molecular formula is C17H34N2. The van der Waals surface area contributed by atoms with Crippen LogP contribution >= 0.6 is 0 Å². The van der Waals surface area contributed by atoms with E-state index in [0.29, 0.717) is 17.5 Å². The van der Waals surface area contributed by atoms with Crippen LogP contribution in [-0.2, 0) is 0 Å². The second-order valence-corrected chi connectivity index (χ2v) is 8.30. The highest BCUT2D eigenvalue weighted by Crippen LogP contribution is 2.41. The van der Waals surface area contributed by atoms with Crippen molar-refractivity contribution in [1.82, 2.24) is 4.90 Å². The second kappa shape index (κ2) is 5.73. The molecule has 2 aliphatic rings. The summed E-state index contributed by atoms with van der Waals surface area (Å²) in [6.45, 7) is 13.2. The predicted molar refractivity (Wildman–Crippen MR) is 83.1 cm³/mol. The first-order chi connectivity index (χ1) is 8.80. The van der Waals surface area contributed by atoms with Crippen molar-refractivity contribution in [3.05, 3.63) is 0 Å². The van der Waals surface area contributed by atoms with Crippen molar-refractivity contribution in [2.75, 3.05) is 6.54 Å². The van der Waals surface area contributed by atoms with Crippen LogP contribution < -0.4 is 5.73 Å². The molecule has 0 aromatic rings. The van der Waals surface area contributed by atoms with Crippen molar-refractivity contribution in [1.29, 1.82) is 0 Å². The minimum absolute atomic E-state index is 0.401. The molecule has 2 nitrogen and oxygen atoms in total. The molecule has 0 radical (unpaired) electrons. The Bertz CT molecular complexity index is 292. The average molecular weight is 266 g/mol. The van der Waals surface area contributed by atoms with Crippen LogP contribution in [0.1, 0.15) is 66.7 Å². The normalized spacial score (nSPS) is 38.1. The van der Waals surface area contributed by atoms with Crippen molar-refractivity contribution >= 4 is 0 Å². The second-order valence-electron chi connectivity index (χ2n) is 8.30. The number of nitrogens with two attached hydrogens (primary N) is 1. The SMILES string of the molecule is CC(C)C1CCCN1C1CC(C(C)(C)C)CCC1N. The number of hydrogen-bond donors (Lipinski definition) is 1. The third-order valence-corrected chi connectivity index (χ3v) is 5.63. The number of rotatable bonds is 2. The number of hydrogen-bond acceptors (Lipinski definition) is 2. The van der Waals surface area contributed by atoms with Crippen LogP contribution in [0.4, 0.5) is 0 Å². The zero-order valence-electron chi connectivity index (χ0n) is 13.7. The topological polar surface area (TPSA) is 29.3 Å². The van der Waals surface area contributed by atoms with Gasteiger partial charge >= 0.3 is 0 Å². The quantitative estimate of drug-likeness (QED) is 0.826. The monoisotopic (exact) mass is 266 g/mol. The van der Waals surface area contributed by atoms with Crippen LogP contribution in [0.5, 0.6) is 0 Å². The molecule has 1 aliphatic heterocycles. The van der Waals surface area contributed by atoms with Crippen molar-refractivity contribution in [2.24, 2.45) is 23.0 Å². The van der Waals surface area contributed by atoms with E-state index in [1.807, 2.05) is 0 Å². The molecule has 112 valence electrons. The van der Waals surface area contributed by atoms with Gasteiger partial charge < -0.3 is 5.73 Å². The molecule has 2 fully saturated rings. The molecule has 0 aromatic heterocycles. The Hall–Kier alpha value is -0.0800. The van der Waals surface area contributed by atoms with Gasteiger partial charge in [0.2, 0.25) is 0 Å². The lowest BCUT2D eigenvalue weighted by Gasteiger charge is -2.46. The van der Waals surface area contributed by atoms with E-state index in [1.54, 1.807) is 0 Å². The van der Waals surface area contributed by atoms with Gasteiger partial charge in [0.15, 0.2) is 0 Å². The van der Waals surface area contributed by atoms with E-state index >= 15 is 0 Å². The van der Waals surface area contributed by atoms with E-state index in [2.05, 4.69) is 39.5 Å². The minimum Gasteiger partial charge on any atom is -0.326 e. The predicted octanol–water partition coefficient (Wildman–Crippen LogP) is 3.65. The first-order valence-electron chi connectivity index (χ1n) is 8.32. The standard InChI is InChI=1S/C17H34N2/c1-12(2)15-7-6-10-19(15)16-11-13(17(3,4)5)8-9-14(16)18/h12-16H,6-11,18H2,1-5H3. The molecular weight excluding hydrogens is 232 g/mol. The summed E-state index contributed by atoms with van der Waals surface area (Å²) < 4.78 is 0. The van der Waals surface area contributed by atoms with E-state index < -0.39 is 0 Å². The van der Waals surface area contributed by atoms with Gasteiger partial charge in [0, 0.05) is 18.1 Å². The van der Waals surface area contributed by atoms with Crippen LogP contribution in [0.15, 0.2) is 0 Å². The molecule has 0 bridgehead atoms. The molecule has 1 saturated heterocycles. The average Bonchev–Trinajstić information content (AvgIpc) is 2.76. The maximum atomic E-state index is 6.49. The molecule has 2 heteroatoms. The van der Waals surface area contributed by atoms with Gasteiger partial charge in [-0.1, -0.05) is 34.6 Å². The zero-order chi connectivity index (χ0) is 14.2. The number of likely N-dealkylation sites (tertiary alicyclic amines) is 1. The van der Waals surface area contributed by atoms with Gasteiger partial charge in [-0.05, 0) is 55.9 Å². The maximum Gasteiger partial charge on any atom is 0.0253 e. The minimum atomic E-state index is 0.401. The van der Waals surface area contributed by atoms with E-state index in [0.717, 1.165) is 17.9 Å². The Morgan fingerprint density at radius 1 is 1.11 bits per heavy atom. The van der Waals surface area contributed by atoms with Crippen molar-refractivity contribution in [3.8, 4) is 0 Å². The lowest BCUT2D eigenvalue weighted by Crippen LogP contribution is -2.54. The van der Waals surface area contributed by atoms with Gasteiger partial charge in [-0.15, -0.1) is 0 Å². The fourth-order valence-corrected chi connectivity index (χ4v) is 4.28. The molecule has 1 heterocycles. The van der Waals surface area contributed by atoms with E-state index in [4.69, 9.17) is 5.73 Å². The van der Waals surface area contributed by atoms with E-state index in [1.165, 1.54) is 38.6 Å². The van der Waals surface area contributed by atoms with Gasteiger partial charge in [0.05, 0.1) is 0 Å². The fourth-order valence-electron chi connectivity index (χ4n) is 4.28. The van der Waals surface area contributed by atoms with Crippen LogP contribution in [0, 0.1) is 17.3 Å². The van der Waals surface area contributed by atoms with Crippen molar-refractivity contribution < 1.29 is 0 Å². The lowest BCUT2D eigenvalue weighted by atomic mass is 9.69. The molecule has 2 N–H and O–H groups in total. The molecule has 1 aliphatic carbocycles. The zero-order valence-corrected chi connectivity index (χ0v) is 13.7. The van der Waals surface area contributed by atoms with E-state index in [9.17, 15) is 0 Å². The summed E-state index contributed by atoms with van der Waals surface area (Å²) in [5.74, 6) is 1.61. The van der Waals surface area contributed by atoms with Gasteiger partial charge in [0.1, 0.15) is 0 Å². The molecule has 0 aromatic carbocycles.